The zero-order valence-electron chi connectivity index (χ0n) is 21.4. The third-order valence-corrected chi connectivity index (χ3v) is 6.73. The Bertz CT molecular complexity index is 1300. The minimum atomic E-state index is -0.670. The van der Waals surface area contributed by atoms with Gasteiger partial charge in [-0.2, -0.15) is 0 Å². The summed E-state index contributed by atoms with van der Waals surface area (Å²) in [7, 11) is 1.66. The number of allylic oxidation sites excluding steroid dienone is 1. The molecule has 1 aliphatic rings. The highest BCUT2D eigenvalue weighted by atomic mass is 16.5. The lowest BCUT2D eigenvalue weighted by Crippen LogP contribution is -2.23. The van der Waals surface area contributed by atoms with Crippen LogP contribution in [0.5, 0.6) is 0 Å². The van der Waals surface area contributed by atoms with Crippen molar-refractivity contribution >= 4 is 17.7 Å². The maximum atomic E-state index is 13.3. The molecule has 3 aromatic rings. The summed E-state index contributed by atoms with van der Waals surface area (Å²) in [6.45, 7) is 3.95. The van der Waals surface area contributed by atoms with E-state index >= 15 is 0 Å². The SMILES string of the molecule is CCOC(=O)C1(c2ccc(-c3ccc(C(=O)/C(C(=O)OCc4ccccc4)=C(/C)NC)cc3)cc2)CC1. The van der Waals surface area contributed by atoms with E-state index in [0.717, 1.165) is 35.1 Å². The molecule has 1 fully saturated rings. The van der Waals surface area contributed by atoms with Gasteiger partial charge in [0.15, 0.2) is 0 Å². The molecule has 1 saturated carbocycles. The number of rotatable bonds is 10. The van der Waals surface area contributed by atoms with Crippen LogP contribution >= 0.6 is 0 Å². The van der Waals surface area contributed by atoms with Crippen LogP contribution in [0, 0.1) is 0 Å². The van der Waals surface area contributed by atoms with Crippen molar-refractivity contribution in [2.24, 2.45) is 0 Å². The summed E-state index contributed by atoms with van der Waals surface area (Å²) in [5.74, 6) is -1.23. The van der Waals surface area contributed by atoms with E-state index in [9.17, 15) is 14.4 Å². The van der Waals surface area contributed by atoms with E-state index in [-0.39, 0.29) is 18.1 Å². The fraction of sp³-hybridized carbons (Fsp3) is 0.258. The summed E-state index contributed by atoms with van der Waals surface area (Å²) >= 11 is 0. The molecule has 0 atom stereocenters. The number of nitrogens with one attached hydrogen (secondary N) is 1. The lowest BCUT2D eigenvalue weighted by Gasteiger charge is -2.15. The lowest BCUT2D eigenvalue weighted by atomic mass is 9.93. The third kappa shape index (κ3) is 5.64. The summed E-state index contributed by atoms with van der Waals surface area (Å²) < 4.78 is 10.7. The van der Waals surface area contributed by atoms with Gasteiger partial charge in [0.05, 0.1) is 12.0 Å². The highest BCUT2D eigenvalue weighted by Gasteiger charge is 2.52. The van der Waals surface area contributed by atoms with E-state index in [1.165, 1.54) is 0 Å². The Hall–Kier alpha value is -4.19. The Balaban J connectivity index is 1.48. The van der Waals surface area contributed by atoms with Gasteiger partial charge in [0.2, 0.25) is 5.78 Å². The van der Waals surface area contributed by atoms with Crippen LogP contribution in [0.15, 0.2) is 90.1 Å². The fourth-order valence-electron chi connectivity index (χ4n) is 4.28. The van der Waals surface area contributed by atoms with Gasteiger partial charge in [-0.15, -0.1) is 0 Å². The maximum absolute atomic E-state index is 13.3. The minimum Gasteiger partial charge on any atom is -0.465 e. The van der Waals surface area contributed by atoms with Crippen LogP contribution in [0.3, 0.4) is 0 Å². The van der Waals surface area contributed by atoms with E-state index in [2.05, 4.69) is 5.32 Å². The monoisotopic (exact) mass is 497 g/mol. The second-order valence-electron chi connectivity index (χ2n) is 9.10. The van der Waals surface area contributed by atoms with Gasteiger partial charge in [0.25, 0.3) is 0 Å². The van der Waals surface area contributed by atoms with Crippen molar-refractivity contribution in [2.45, 2.75) is 38.7 Å². The van der Waals surface area contributed by atoms with E-state index in [4.69, 9.17) is 9.47 Å². The van der Waals surface area contributed by atoms with Crippen molar-refractivity contribution in [3.63, 3.8) is 0 Å². The average molecular weight is 498 g/mol. The number of carbonyl (C=O) groups is 3. The van der Waals surface area contributed by atoms with Gasteiger partial charge in [-0.05, 0) is 48.9 Å². The highest BCUT2D eigenvalue weighted by molar-refractivity contribution is 6.24. The van der Waals surface area contributed by atoms with Crippen LogP contribution in [0.4, 0.5) is 0 Å². The fourth-order valence-corrected chi connectivity index (χ4v) is 4.28. The Labute approximate surface area is 217 Å². The number of esters is 2. The summed E-state index contributed by atoms with van der Waals surface area (Å²) in [6.07, 6.45) is 1.61. The molecule has 3 aromatic carbocycles. The predicted molar refractivity (Wildman–Crippen MR) is 142 cm³/mol. The van der Waals surface area contributed by atoms with Crippen LogP contribution < -0.4 is 5.32 Å². The van der Waals surface area contributed by atoms with Crippen molar-refractivity contribution in [3.05, 3.63) is 107 Å². The molecule has 0 unspecified atom stereocenters. The van der Waals surface area contributed by atoms with Gasteiger partial charge in [-0.3, -0.25) is 9.59 Å². The molecule has 4 rings (SSSR count). The largest absolute Gasteiger partial charge is 0.465 e. The van der Waals surface area contributed by atoms with Crippen molar-refractivity contribution in [2.75, 3.05) is 13.7 Å². The summed E-state index contributed by atoms with van der Waals surface area (Å²) in [6, 6.07) is 24.3. The number of Topliss-reactive ketones (excluding diaryl/α,β-unsaturated/α-hetero) is 1. The summed E-state index contributed by atoms with van der Waals surface area (Å²) in [4.78, 5) is 38.5. The van der Waals surface area contributed by atoms with Gasteiger partial charge in [-0.1, -0.05) is 78.9 Å². The van der Waals surface area contributed by atoms with Crippen molar-refractivity contribution in [3.8, 4) is 11.1 Å². The molecule has 37 heavy (non-hydrogen) atoms. The smallest absolute Gasteiger partial charge is 0.344 e. The quantitative estimate of drug-likeness (QED) is 0.133. The Morgan fingerprint density at radius 1 is 0.838 bits per heavy atom. The number of hydrogen-bond donors (Lipinski definition) is 1. The summed E-state index contributed by atoms with van der Waals surface area (Å²) in [5, 5.41) is 2.90. The number of ether oxygens (including phenoxy) is 2. The molecule has 190 valence electrons. The van der Waals surface area contributed by atoms with E-state index in [1.807, 2.05) is 73.7 Å². The van der Waals surface area contributed by atoms with E-state index < -0.39 is 17.2 Å². The van der Waals surface area contributed by atoms with Crippen LogP contribution in [-0.4, -0.2) is 31.4 Å². The zero-order valence-corrected chi connectivity index (χ0v) is 21.4. The van der Waals surface area contributed by atoms with Crippen LogP contribution in [0.25, 0.3) is 11.1 Å². The Kier molecular flexibility index (Phi) is 7.87. The lowest BCUT2D eigenvalue weighted by molar-refractivity contribution is -0.146. The molecule has 0 aromatic heterocycles. The predicted octanol–water partition coefficient (Wildman–Crippen LogP) is 5.37. The molecule has 0 spiro atoms. The van der Waals surface area contributed by atoms with Crippen molar-refractivity contribution in [1.29, 1.82) is 0 Å². The number of ketones is 1. The second kappa shape index (κ2) is 11.2. The number of benzene rings is 3. The summed E-state index contributed by atoms with van der Waals surface area (Å²) in [5.41, 5.74) is 4.00. The molecular formula is C31H31NO5. The first-order chi connectivity index (χ1) is 17.9. The molecule has 0 amide bonds. The molecule has 0 aliphatic heterocycles. The van der Waals surface area contributed by atoms with Gasteiger partial charge in [0.1, 0.15) is 12.2 Å². The van der Waals surface area contributed by atoms with Crippen LogP contribution in [0.2, 0.25) is 0 Å². The normalized spacial score (nSPS) is 14.2. The first-order valence-electron chi connectivity index (χ1n) is 12.4. The number of hydrogen-bond acceptors (Lipinski definition) is 6. The highest BCUT2D eigenvalue weighted by Crippen LogP contribution is 2.49. The first kappa shape index (κ1) is 25.9. The third-order valence-electron chi connectivity index (χ3n) is 6.73. The second-order valence-corrected chi connectivity index (χ2v) is 9.10. The molecule has 6 nitrogen and oxygen atoms in total. The van der Waals surface area contributed by atoms with E-state index in [1.54, 1.807) is 26.1 Å². The topological polar surface area (TPSA) is 81.7 Å². The Morgan fingerprint density at radius 2 is 1.43 bits per heavy atom. The average Bonchev–Trinajstić information content (AvgIpc) is 3.75. The molecule has 1 aliphatic carbocycles. The zero-order chi connectivity index (χ0) is 26.4. The van der Waals surface area contributed by atoms with Crippen molar-refractivity contribution < 1.29 is 23.9 Å². The van der Waals surface area contributed by atoms with Gasteiger partial charge >= 0.3 is 11.9 Å². The van der Waals surface area contributed by atoms with Crippen LogP contribution in [-0.2, 0) is 31.1 Å². The standard InChI is InChI=1S/C31H31NO5/c1-4-36-30(35)31(18-19-31)26-16-14-24(15-17-26)23-10-12-25(13-11-23)28(33)27(21(2)32-3)29(34)37-20-22-8-6-5-7-9-22/h5-17,32H,4,18-20H2,1-3H3/b27-21+. The van der Waals surface area contributed by atoms with Gasteiger partial charge in [-0.25, -0.2) is 4.79 Å². The number of carbonyl (C=O) groups excluding carboxylic acids is 3. The Morgan fingerprint density at radius 3 is 1.97 bits per heavy atom. The molecule has 1 N–H and O–H groups in total. The molecule has 0 radical (unpaired) electrons. The minimum absolute atomic E-state index is 0.0239. The first-order valence-corrected chi connectivity index (χ1v) is 12.4. The van der Waals surface area contributed by atoms with Crippen molar-refractivity contribution in [1.82, 2.24) is 5.32 Å². The maximum Gasteiger partial charge on any atom is 0.344 e. The van der Waals surface area contributed by atoms with E-state index in [0.29, 0.717) is 17.9 Å². The molecule has 0 saturated heterocycles. The van der Waals surface area contributed by atoms with Crippen LogP contribution in [0.1, 0.15) is 48.2 Å². The molecular weight excluding hydrogens is 466 g/mol. The molecule has 6 heteroatoms. The molecule has 0 heterocycles. The van der Waals surface area contributed by atoms with Gasteiger partial charge in [0, 0.05) is 18.3 Å². The molecule has 0 bridgehead atoms. The van der Waals surface area contributed by atoms with Gasteiger partial charge < -0.3 is 14.8 Å².